The number of piperazine rings is 1. The fourth-order valence-electron chi connectivity index (χ4n) is 2.94. The van der Waals surface area contributed by atoms with Crippen LogP contribution in [-0.2, 0) is 4.79 Å². The molecule has 1 saturated carbocycles. The first-order valence-corrected chi connectivity index (χ1v) is 7.78. The number of amides is 1. The fourth-order valence-corrected chi connectivity index (χ4v) is 2.94. The molecular weight excluding hydrogens is 264 g/mol. The smallest absolute Gasteiger partial charge is 0.241 e. The molecule has 2 fully saturated rings. The maximum atomic E-state index is 12.4. The summed E-state index contributed by atoms with van der Waals surface area (Å²) in [6, 6.07) is 8.09. The third-order valence-corrected chi connectivity index (χ3v) is 4.56. The molecule has 1 aromatic carbocycles. The molecule has 3 N–H and O–H groups in total. The predicted octanol–water partition coefficient (Wildman–Crippen LogP) is 1.38. The van der Waals surface area contributed by atoms with E-state index in [4.69, 9.17) is 5.73 Å². The van der Waals surface area contributed by atoms with Gasteiger partial charge in [0.25, 0.3) is 0 Å². The van der Waals surface area contributed by atoms with Crippen LogP contribution in [0.5, 0.6) is 0 Å². The zero-order chi connectivity index (χ0) is 14.8. The lowest BCUT2D eigenvalue weighted by atomic mass is 10.2. The third-order valence-electron chi connectivity index (χ3n) is 4.56. The summed E-state index contributed by atoms with van der Waals surface area (Å²) in [5.41, 5.74) is 7.18. The Labute approximate surface area is 126 Å². The average molecular weight is 288 g/mol. The molecule has 1 amide bonds. The number of benzene rings is 1. The number of hydrogen-bond acceptors (Lipinski definition) is 4. The van der Waals surface area contributed by atoms with Gasteiger partial charge in [-0.1, -0.05) is 12.1 Å². The van der Waals surface area contributed by atoms with Gasteiger partial charge in [0.05, 0.1) is 17.4 Å². The molecule has 1 unspecified atom stereocenters. The molecule has 0 aromatic heterocycles. The van der Waals surface area contributed by atoms with Crippen molar-refractivity contribution in [2.24, 2.45) is 0 Å². The van der Waals surface area contributed by atoms with Gasteiger partial charge in [-0.05, 0) is 31.9 Å². The first-order valence-electron chi connectivity index (χ1n) is 7.78. The number of nitrogens with one attached hydrogen (secondary N) is 1. The quantitative estimate of drug-likeness (QED) is 0.822. The molecular formula is C16H24N4O. The Morgan fingerprint density at radius 3 is 2.52 bits per heavy atom. The lowest BCUT2D eigenvalue weighted by molar-refractivity contribution is -0.121. The summed E-state index contributed by atoms with van der Waals surface area (Å²) >= 11 is 0. The van der Waals surface area contributed by atoms with Crippen molar-refractivity contribution in [1.82, 2.24) is 9.80 Å². The van der Waals surface area contributed by atoms with Crippen molar-refractivity contribution in [2.75, 3.05) is 37.2 Å². The molecule has 0 spiro atoms. The predicted molar refractivity (Wildman–Crippen MR) is 85.1 cm³/mol. The molecule has 1 aromatic rings. The largest absolute Gasteiger partial charge is 0.397 e. The Kier molecular flexibility index (Phi) is 4.12. The summed E-state index contributed by atoms with van der Waals surface area (Å²) in [5, 5.41) is 2.93. The van der Waals surface area contributed by atoms with Crippen LogP contribution >= 0.6 is 0 Å². The van der Waals surface area contributed by atoms with Crippen molar-refractivity contribution < 1.29 is 4.79 Å². The Morgan fingerprint density at radius 2 is 1.90 bits per heavy atom. The summed E-state index contributed by atoms with van der Waals surface area (Å²) in [7, 11) is 0. The van der Waals surface area contributed by atoms with Crippen LogP contribution in [-0.4, -0.2) is 54.0 Å². The van der Waals surface area contributed by atoms with Crippen LogP contribution in [0.15, 0.2) is 24.3 Å². The fraction of sp³-hybridized carbons (Fsp3) is 0.562. The van der Waals surface area contributed by atoms with Gasteiger partial charge < -0.3 is 11.1 Å². The molecule has 114 valence electrons. The summed E-state index contributed by atoms with van der Waals surface area (Å²) in [6.07, 6.45) is 2.70. The van der Waals surface area contributed by atoms with Crippen molar-refractivity contribution in [2.45, 2.75) is 31.8 Å². The van der Waals surface area contributed by atoms with E-state index < -0.39 is 0 Å². The van der Waals surface area contributed by atoms with Crippen LogP contribution in [0.1, 0.15) is 19.8 Å². The number of nitrogens with zero attached hydrogens (tertiary/aromatic N) is 2. The molecule has 3 rings (SSSR count). The highest BCUT2D eigenvalue weighted by atomic mass is 16.2. The van der Waals surface area contributed by atoms with E-state index in [1.54, 1.807) is 6.07 Å². The maximum absolute atomic E-state index is 12.4. The second kappa shape index (κ2) is 6.03. The molecule has 2 aliphatic rings. The topological polar surface area (TPSA) is 61.6 Å². The molecule has 0 radical (unpaired) electrons. The molecule has 1 aliphatic carbocycles. The molecule has 1 atom stereocenters. The van der Waals surface area contributed by atoms with Crippen LogP contribution in [0.3, 0.4) is 0 Å². The molecule has 21 heavy (non-hydrogen) atoms. The second-order valence-corrected chi connectivity index (χ2v) is 6.06. The van der Waals surface area contributed by atoms with Gasteiger partial charge in [-0.2, -0.15) is 0 Å². The van der Waals surface area contributed by atoms with Gasteiger partial charge in [-0.25, -0.2) is 0 Å². The number of nitrogens with two attached hydrogens (primary N) is 1. The number of hydrogen-bond donors (Lipinski definition) is 2. The molecule has 1 heterocycles. The normalized spacial score (nSPS) is 22.0. The summed E-state index contributed by atoms with van der Waals surface area (Å²) in [5.74, 6) is 0.0211. The van der Waals surface area contributed by atoms with Crippen LogP contribution in [0, 0.1) is 0 Å². The first kappa shape index (κ1) is 14.4. The number of carbonyl (C=O) groups is 1. The monoisotopic (exact) mass is 288 g/mol. The lowest BCUT2D eigenvalue weighted by Crippen LogP contribution is -2.53. The first-order chi connectivity index (χ1) is 10.1. The number of anilines is 2. The van der Waals surface area contributed by atoms with Crippen molar-refractivity contribution in [1.29, 1.82) is 0 Å². The van der Waals surface area contributed by atoms with Gasteiger partial charge in [0.15, 0.2) is 0 Å². The van der Waals surface area contributed by atoms with Crippen LogP contribution in [0.25, 0.3) is 0 Å². The van der Waals surface area contributed by atoms with Gasteiger partial charge in [0, 0.05) is 32.2 Å². The number of rotatable bonds is 4. The highest BCUT2D eigenvalue weighted by molar-refractivity contribution is 5.97. The highest BCUT2D eigenvalue weighted by Gasteiger charge is 2.33. The SMILES string of the molecule is CC(C(=O)Nc1ccccc1N)N1CCN(C2CC2)CC1. The zero-order valence-electron chi connectivity index (χ0n) is 12.6. The van der Waals surface area contributed by atoms with Gasteiger partial charge in [-0.3, -0.25) is 14.6 Å². The van der Waals surface area contributed by atoms with Crippen LogP contribution < -0.4 is 11.1 Å². The maximum Gasteiger partial charge on any atom is 0.241 e. The molecule has 1 aliphatic heterocycles. The lowest BCUT2D eigenvalue weighted by Gasteiger charge is -2.37. The number of para-hydroxylation sites is 2. The minimum atomic E-state index is -0.119. The standard InChI is InChI=1S/C16H24N4O/c1-12(16(21)18-15-5-3-2-4-14(15)17)19-8-10-20(11-9-19)13-6-7-13/h2-5,12-13H,6-11,17H2,1H3,(H,18,21). The Hall–Kier alpha value is -1.59. The molecule has 5 nitrogen and oxygen atoms in total. The van der Waals surface area contributed by atoms with E-state index in [1.165, 1.54) is 12.8 Å². The van der Waals surface area contributed by atoms with Gasteiger partial charge in [-0.15, -0.1) is 0 Å². The average Bonchev–Trinajstić information content (AvgIpc) is 3.34. The zero-order valence-corrected chi connectivity index (χ0v) is 12.6. The van der Waals surface area contributed by atoms with E-state index >= 15 is 0 Å². The second-order valence-electron chi connectivity index (χ2n) is 6.06. The van der Waals surface area contributed by atoms with Gasteiger partial charge in [0.2, 0.25) is 5.91 Å². The van der Waals surface area contributed by atoms with Crippen LogP contribution in [0.4, 0.5) is 11.4 Å². The molecule has 1 saturated heterocycles. The van der Waals surface area contributed by atoms with E-state index in [1.807, 2.05) is 25.1 Å². The van der Waals surface area contributed by atoms with Crippen molar-refractivity contribution in [3.8, 4) is 0 Å². The minimum absolute atomic E-state index is 0.0211. The van der Waals surface area contributed by atoms with E-state index in [9.17, 15) is 4.79 Å². The number of nitrogen functional groups attached to an aromatic ring is 1. The van der Waals surface area contributed by atoms with Crippen molar-refractivity contribution in [3.63, 3.8) is 0 Å². The van der Waals surface area contributed by atoms with Crippen LogP contribution in [0.2, 0.25) is 0 Å². The summed E-state index contributed by atoms with van der Waals surface area (Å²) < 4.78 is 0. The molecule has 5 heteroatoms. The number of carbonyl (C=O) groups excluding carboxylic acids is 1. The van der Waals surface area contributed by atoms with E-state index in [-0.39, 0.29) is 11.9 Å². The Morgan fingerprint density at radius 1 is 1.24 bits per heavy atom. The van der Waals surface area contributed by atoms with E-state index in [0.29, 0.717) is 11.4 Å². The van der Waals surface area contributed by atoms with E-state index in [2.05, 4.69) is 15.1 Å². The van der Waals surface area contributed by atoms with Gasteiger partial charge in [0.1, 0.15) is 0 Å². The van der Waals surface area contributed by atoms with Gasteiger partial charge >= 0.3 is 0 Å². The Balaban J connectivity index is 1.54. The van der Waals surface area contributed by atoms with Crippen molar-refractivity contribution in [3.05, 3.63) is 24.3 Å². The third kappa shape index (κ3) is 3.36. The highest BCUT2D eigenvalue weighted by Crippen LogP contribution is 2.27. The molecule has 0 bridgehead atoms. The summed E-state index contributed by atoms with van der Waals surface area (Å²) in [6.45, 7) is 6.07. The Bertz CT molecular complexity index is 507. The summed E-state index contributed by atoms with van der Waals surface area (Å²) in [4.78, 5) is 17.2. The van der Waals surface area contributed by atoms with Crippen molar-refractivity contribution >= 4 is 17.3 Å². The van der Waals surface area contributed by atoms with E-state index in [0.717, 1.165) is 32.2 Å². The minimum Gasteiger partial charge on any atom is -0.397 e.